The van der Waals surface area contributed by atoms with Crippen molar-refractivity contribution in [2.45, 2.75) is 31.1 Å². The van der Waals surface area contributed by atoms with E-state index in [4.69, 9.17) is 0 Å². The molecule has 0 unspecified atom stereocenters. The van der Waals surface area contributed by atoms with Gasteiger partial charge in [0, 0.05) is 51.2 Å². The van der Waals surface area contributed by atoms with Crippen molar-refractivity contribution in [2.24, 2.45) is 0 Å². The molecule has 1 aromatic heterocycles. The van der Waals surface area contributed by atoms with Gasteiger partial charge in [-0.25, -0.2) is 17.7 Å². The molecule has 2 heterocycles. The van der Waals surface area contributed by atoms with E-state index in [9.17, 15) is 13.2 Å². The van der Waals surface area contributed by atoms with Gasteiger partial charge in [0.05, 0.1) is 21.2 Å². The second-order valence-corrected chi connectivity index (χ2v) is 10.2. The van der Waals surface area contributed by atoms with Gasteiger partial charge in [-0.05, 0) is 38.0 Å². The SMILES string of the molecule is Cc1nc(CCNC(=O)c2cc(S(=O)(=O)N(C)C)ccc2N2CCCC2)cs1. The number of benzene rings is 1. The zero-order valence-corrected chi connectivity index (χ0v) is 18.1. The van der Waals surface area contributed by atoms with Crippen LogP contribution in [0.1, 0.15) is 33.9 Å². The zero-order valence-electron chi connectivity index (χ0n) is 16.4. The van der Waals surface area contributed by atoms with Crippen molar-refractivity contribution in [1.29, 1.82) is 0 Å². The predicted octanol–water partition coefficient (Wildman–Crippen LogP) is 2.27. The molecular weight excluding hydrogens is 396 g/mol. The standard InChI is InChI=1S/C19H26N4O3S2/c1-14-21-15(13-27-14)8-9-20-19(24)17-12-16(28(25,26)22(2)3)6-7-18(17)23-10-4-5-11-23/h6-7,12-13H,4-5,8-11H2,1-3H3,(H,20,24). The molecule has 0 aliphatic carbocycles. The molecule has 7 nitrogen and oxygen atoms in total. The minimum Gasteiger partial charge on any atom is -0.371 e. The summed E-state index contributed by atoms with van der Waals surface area (Å²) in [5.74, 6) is -0.260. The Labute approximate surface area is 170 Å². The molecule has 0 spiro atoms. The molecule has 0 radical (unpaired) electrons. The predicted molar refractivity (Wildman–Crippen MR) is 112 cm³/mol. The molecule has 1 amide bonds. The van der Waals surface area contributed by atoms with Crippen LogP contribution < -0.4 is 10.2 Å². The van der Waals surface area contributed by atoms with E-state index in [1.54, 1.807) is 23.5 Å². The zero-order chi connectivity index (χ0) is 20.3. The topological polar surface area (TPSA) is 82.6 Å². The molecule has 1 N–H and O–H groups in total. The third kappa shape index (κ3) is 4.53. The van der Waals surface area contributed by atoms with E-state index in [2.05, 4.69) is 15.2 Å². The van der Waals surface area contributed by atoms with E-state index < -0.39 is 10.0 Å². The number of carbonyl (C=O) groups is 1. The quantitative estimate of drug-likeness (QED) is 0.740. The number of aromatic nitrogens is 1. The van der Waals surface area contributed by atoms with Gasteiger partial charge in [-0.2, -0.15) is 0 Å². The summed E-state index contributed by atoms with van der Waals surface area (Å²) in [6, 6.07) is 4.82. The largest absolute Gasteiger partial charge is 0.371 e. The van der Waals surface area contributed by atoms with Crippen LogP contribution in [0.4, 0.5) is 5.69 Å². The number of nitrogens with one attached hydrogen (secondary N) is 1. The molecule has 0 saturated carbocycles. The Kier molecular flexibility index (Phi) is 6.36. The van der Waals surface area contributed by atoms with Crippen molar-refractivity contribution >= 4 is 33.0 Å². The lowest BCUT2D eigenvalue weighted by Gasteiger charge is -2.22. The van der Waals surface area contributed by atoms with Crippen LogP contribution in [0.25, 0.3) is 0 Å². The van der Waals surface area contributed by atoms with Crippen LogP contribution in [0.2, 0.25) is 0 Å². The Morgan fingerprint density at radius 3 is 2.61 bits per heavy atom. The summed E-state index contributed by atoms with van der Waals surface area (Å²) in [5, 5.41) is 5.91. The van der Waals surface area contributed by atoms with Crippen LogP contribution in [0.3, 0.4) is 0 Å². The molecule has 9 heteroatoms. The average molecular weight is 423 g/mol. The highest BCUT2D eigenvalue weighted by Gasteiger charge is 2.24. The number of hydrogen-bond acceptors (Lipinski definition) is 6. The molecule has 28 heavy (non-hydrogen) atoms. The summed E-state index contributed by atoms with van der Waals surface area (Å²) < 4.78 is 26.2. The van der Waals surface area contributed by atoms with E-state index in [0.29, 0.717) is 18.5 Å². The van der Waals surface area contributed by atoms with Crippen LogP contribution >= 0.6 is 11.3 Å². The van der Waals surface area contributed by atoms with Crippen LogP contribution in [-0.2, 0) is 16.4 Å². The number of anilines is 1. The Morgan fingerprint density at radius 2 is 2.00 bits per heavy atom. The molecule has 1 fully saturated rings. The highest BCUT2D eigenvalue weighted by Crippen LogP contribution is 2.28. The second kappa shape index (κ2) is 8.59. The van der Waals surface area contributed by atoms with Gasteiger partial charge in [0.2, 0.25) is 10.0 Å². The van der Waals surface area contributed by atoms with Crippen LogP contribution in [0, 0.1) is 6.92 Å². The molecule has 1 aromatic carbocycles. The van der Waals surface area contributed by atoms with Crippen LogP contribution in [0.15, 0.2) is 28.5 Å². The first kappa shape index (κ1) is 20.8. The van der Waals surface area contributed by atoms with Gasteiger partial charge < -0.3 is 10.2 Å². The molecule has 0 bridgehead atoms. The molecule has 1 aliphatic heterocycles. The Hall–Kier alpha value is -1.97. The molecule has 0 atom stereocenters. The van der Waals surface area contributed by atoms with Crippen molar-refractivity contribution in [3.05, 3.63) is 39.8 Å². The number of carbonyl (C=O) groups excluding carboxylic acids is 1. The van der Waals surface area contributed by atoms with Gasteiger partial charge in [0.1, 0.15) is 0 Å². The van der Waals surface area contributed by atoms with Crippen LogP contribution in [-0.4, -0.2) is 57.3 Å². The van der Waals surface area contributed by atoms with Gasteiger partial charge in [0.25, 0.3) is 5.91 Å². The maximum absolute atomic E-state index is 12.9. The second-order valence-electron chi connectivity index (χ2n) is 7.02. The number of hydrogen-bond donors (Lipinski definition) is 1. The van der Waals surface area contributed by atoms with E-state index in [1.807, 2.05) is 12.3 Å². The molecule has 1 saturated heterocycles. The van der Waals surface area contributed by atoms with Gasteiger partial charge in [-0.1, -0.05) is 0 Å². The number of thiazole rings is 1. The van der Waals surface area contributed by atoms with E-state index >= 15 is 0 Å². The lowest BCUT2D eigenvalue weighted by Crippen LogP contribution is -2.30. The van der Waals surface area contributed by atoms with Crippen molar-refractivity contribution in [1.82, 2.24) is 14.6 Å². The highest BCUT2D eigenvalue weighted by molar-refractivity contribution is 7.89. The summed E-state index contributed by atoms with van der Waals surface area (Å²) in [6.07, 6.45) is 2.79. The third-order valence-corrected chi connectivity index (χ3v) is 7.40. The van der Waals surface area contributed by atoms with Gasteiger partial charge in [0.15, 0.2) is 0 Å². The lowest BCUT2D eigenvalue weighted by atomic mass is 10.1. The third-order valence-electron chi connectivity index (χ3n) is 4.77. The monoisotopic (exact) mass is 422 g/mol. The first-order valence-electron chi connectivity index (χ1n) is 9.30. The summed E-state index contributed by atoms with van der Waals surface area (Å²) >= 11 is 1.58. The average Bonchev–Trinajstić information content (AvgIpc) is 3.33. The van der Waals surface area contributed by atoms with E-state index in [-0.39, 0.29) is 10.8 Å². The minimum absolute atomic E-state index is 0.126. The van der Waals surface area contributed by atoms with E-state index in [1.165, 1.54) is 20.2 Å². The van der Waals surface area contributed by atoms with Gasteiger partial charge >= 0.3 is 0 Å². The summed E-state index contributed by atoms with van der Waals surface area (Å²) in [5.41, 5.74) is 2.14. The van der Waals surface area contributed by atoms with Gasteiger partial charge in [-0.3, -0.25) is 4.79 Å². The molecule has 2 aromatic rings. The molecule has 1 aliphatic rings. The summed E-state index contributed by atoms with van der Waals surface area (Å²) in [7, 11) is -0.637. The fourth-order valence-electron chi connectivity index (χ4n) is 3.22. The highest BCUT2D eigenvalue weighted by atomic mass is 32.2. The Morgan fingerprint density at radius 1 is 1.29 bits per heavy atom. The lowest BCUT2D eigenvalue weighted by molar-refractivity contribution is 0.0954. The number of sulfonamides is 1. The normalized spacial score (nSPS) is 14.6. The molecular formula is C19H26N4O3S2. The van der Waals surface area contributed by atoms with Crippen LogP contribution in [0.5, 0.6) is 0 Å². The minimum atomic E-state index is -3.61. The maximum atomic E-state index is 12.9. The van der Waals surface area contributed by atoms with Gasteiger partial charge in [-0.15, -0.1) is 11.3 Å². The number of amides is 1. The Bertz CT molecular complexity index is 948. The first-order valence-corrected chi connectivity index (χ1v) is 11.6. The van der Waals surface area contributed by atoms with E-state index in [0.717, 1.165) is 46.6 Å². The van der Waals surface area contributed by atoms with Crippen molar-refractivity contribution in [3.63, 3.8) is 0 Å². The number of nitrogens with zero attached hydrogens (tertiary/aromatic N) is 3. The number of rotatable bonds is 7. The first-order chi connectivity index (χ1) is 13.3. The smallest absolute Gasteiger partial charge is 0.253 e. The Balaban J connectivity index is 1.83. The summed E-state index contributed by atoms with van der Waals surface area (Å²) in [4.78, 5) is 19.6. The summed E-state index contributed by atoms with van der Waals surface area (Å²) in [6.45, 7) is 4.15. The molecule has 3 rings (SSSR count). The number of aryl methyl sites for hydroxylation is 1. The maximum Gasteiger partial charge on any atom is 0.253 e. The van der Waals surface area contributed by atoms with Crippen molar-refractivity contribution < 1.29 is 13.2 Å². The fraction of sp³-hybridized carbons (Fsp3) is 0.474. The molecule has 152 valence electrons. The fourth-order valence-corrected chi connectivity index (χ4v) is 4.80. The van der Waals surface area contributed by atoms with Crippen molar-refractivity contribution in [3.8, 4) is 0 Å². The van der Waals surface area contributed by atoms with Crippen molar-refractivity contribution in [2.75, 3.05) is 38.6 Å².